The van der Waals surface area contributed by atoms with Crippen LogP contribution in [0.4, 0.5) is 10.3 Å². The average Bonchev–Trinajstić information content (AvgIpc) is 2.73. The van der Waals surface area contributed by atoms with Crippen molar-refractivity contribution in [2.75, 3.05) is 12.8 Å². The van der Waals surface area contributed by atoms with Gasteiger partial charge in [0.15, 0.2) is 0 Å². The summed E-state index contributed by atoms with van der Waals surface area (Å²) in [6.45, 7) is 0. The molecule has 2 N–H and O–H groups in total. The van der Waals surface area contributed by atoms with Gasteiger partial charge in [0.1, 0.15) is 11.9 Å². The quantitative estimate of drug-likeness (QED) is 0.813. The van der Waals surface area contributed by atoms with Crippen molar-refractivity contribution in [1.82, 2.24) is 14.5 Å². The van der Waals surface area contributed by atoms with Gasteiger partial charge in [0.05, 0.1) is 16.1 Å². The van der Waals surface area contributed by atoms with E-state index in [9.17, 15) is 14.0 Å². The van der Waals surface area contributed by atoms with Gasteiger partial charge in [0.2, 0.25) is 11.9 Å². The fraction of sp³-hybridized carbons (Fsp3) is 0.308. The maximum atomic E-state index is 13.7. The minimum atomic E-state index is -0.668. The van der Waals surface area contributed by atoms with E-state index in [-0.39, 0.29) is 29.2 Å². The van der Waals surface area contributed by atoms with E-state index in [0.717, 1.165) is 4.90 Å². The van der Waals surface area contributed by atoms with Gasteiger partial charge in [0, 0.05) is 19.5 Å². The van der Waals surface area contributed by atoms with Gasteiger partial charge in [-0.3, -0.25) is 19.1 Å². The van der Waals surface area contributed by atoms with Crippen molar-refractivity contribution in [1.29, 1.82) is 0 Å². The molecule has 1 aliphatic heterocycles. The number of rotatable bonds is 1. The number of piperidine rings is 1. The summed E-state index contributed by atoms with van der Waals surface area (Å²) in [6.07, 6.45) is 0.532. The number of aromatic nitrogens is 2. The molecule has 1 aromatic carbocycles. The van der Waals surface area contributed by atoms with Gasteiger partial charge in [-0.25, -0.2) is 9.37 Å². The van der Waals surface area contributed by atoms with Crippen LogP contribution in [0.25, 0.3) is 11.0 Å². The molecule has 8 heteroatoms. The fourth-order valence-electron chi connectivity index (χ4n) is 2.57. The Morgan fingerprint density at radius 1 is 1.43 bits per heavy atom. The van der Waals surface area contributed by atoms with Crippen molar-refractivity contribution >= 4 is 40.4 Å². The first-order valence-corrected chi connectivity index (χ1v) is 6.71. The van der Waals surface area contributed by atoms with Gasteiger partial charge >= 0.3 is 0 Å². The summed E-state index contributed by atoms with van der Waals surface area (Å²) in [6, 6.07) is 1.89. The number of likely N-dealkylation sites (tertiary alicyclic amines) is 1. The Kier molecular flexibility index (Phi) is 3.09. The fourth-order valence-corrected chi connectivity index (χ4v) is 2.73. The lowest BCUT2D eigenvalue weighted by atomic mass is 10.0. The highest BCUT2D eigenvalue weighted by Gasteiger charge is 2.35. The molecule has 1 fully saturated rings. The monoisotopic (exact) mass is 310 g/mol. The first-order valence-electron chi connectivity index (χ1n) is 6.33. The van der Waals surface area contributed by atoms with Gasteiger partial charge in [-0.1, -0.05) is 11.6 Å². The predicted molar refractivity (Wildman–Crippen MR) is 75.2 cm³/mol. The molecule has 3 rings (SSSR count). The number of hydrogen-bond donors (Lipinski definition) is 1. The third-order valence-electron chi connectivity index (χ3n) is 3.69. The zero-order valence-electron chi connectivity index (χ0n) is 11.1. The summed E-state index contributed by atoms with van der Waals surface area (Å²) in [7, 11) is 1.42. The van der Waals surface area contributed by atoms with E-state index in [1.165, 1.54) is 23.7 Å². The molecular weight excluding hydrogens is 299 g/mol. The number of imide groups is 1. The van der Waals surface area contributed by atoms with Crippen LogP contribution in [0.5, 0.6) is 0 Å². The van der Waals surface area contributed by atoms with E-state index in [2.05, 4.69) is 4.98 Å². The van der Waals surface area contributed by atoms with Crippen LogP contribution in [-0.4, -0.2) is 33.3 Å². The molecule has 21 heavy (non-hydrogen) atoms. The van der Waals surface area contributed by atoms with Gasteiger partial charge in [-0.15, -0.1) is 0 Å². The average molecular weight is 311 g/mol. The molecule has 1 aliphatic rings. The number of likely N-dealkylation sites (N-methyl/N-ethyl adjacent to an activating group) is 1. The molecule has 0 saturated carbocycles. The summed E-state index contributed by atoms with van der Waals surface area (Å²) in [4.78, 5) is 29.0. The molecule has 0 aliphatic carbocycles. The topological polar surface area (TPSA) is 81.2 Å². The van der Waals surface area contributed by atoms with Crippen molar-refractivity contribution in [3.8, 4) is 0 Å². The van der Waals surface area contributed by atoms with Crippen LogP contribution in [0.15, 0.2) is 12.1 Å². The molecule has 0 spiro atoms. The Morgan fingerprint density at radius 2 is 2.14 bits per heavy atom. The van der Waals surface area contributed by atoms with Gasteiger partial charge in [0.25, 0.3) is 5.91 Å². The molecule has 2 heterocycles. The lowest BCUT2D eigenvalue weighted by Crippen LogP contribution is -2.43. The van der Waals surface area contributed by atoms with Crippen molar-refractivity contribution in [3.05, 3.63) is 23.0 Å². The van der Waals surface area contributed by atoms with E-state index in [4.69, 9.17) is 17.3 Å². The SMILES string of the molecule is CN1C(=O)CCC(n2c(N)nc3cc(Cl)c(F)cc32)C1=O. The van der Waals surface area contributed by atoms with E-state index >= 15 is 0 Å². The summed E-state index contributed by atoms with van der Waals surface area (Å²) in [5, 5.41) is -0.0607. The molecule has 110 valence electrons. The Morgan fingerprint density at radius 3 is 2.86 bits per heavy atom. The summed E-state index contributed by atoms with van der Waals surface area (Å²) in [5.41, 5.74) is 6.65. The lowest BCUT2D eigenvalue weighted by Gasteiger charge is -2.29. The van der Waals surface area contributed by atoms with Crippen molar-refractivity contribution < 1.29 is 14.0 Å². The number of carbonyl (C=O) groups excluding carboxylic acids is 2. The zero-order chi connectivity index (χ0) is 15.3. The first-order chi connectivity index (χ1) is 9.90. The molecule has 0 radical (unpaired) electrons. The normalized spacial score (nSPS) is 19.6. The molecule has 2 aromatic rings. The Bertz CT molecular complexity index is 773. The molecule has 1 saturated heterocycles. The minimum Gasteiger partial charge on any atom is -0.369 e. The second kappa shape index (κ2) is 4.70. The summed E-state index contributed by atoms with van der Waals surface area (Å²) in [5.74, 6) is -1.15. The third-order valence-corrected chi connectivity index (χ3v) is 3.98. The number of nitrogens with two attached hydrogens (primary N) is 1. The van der Waals surface area contributed by atoms with Crippen molar-refractivity contribution in [3.63, 3.8) is 0 Å². The lowest BCUT2D eigenvalue weighted by molar-refractivity contribution is -0.149. The van der Waals surface area contributed by atoms with Crippen LogP contribution >= 0.6 is 11.6 Å². The van der Waals surface area contributed by atoms with E-state index in [1.807, 2.05) is 0 Å². The number of imidazole rings is 1. The standard InChI is InChI=1S/C13H12ClFN4O2/c1-18-11(20)3-2-9(12(18)21)19-10-5-7(15)6(14)4-8(10)17-13(19)16/h4-5,9H,2-3H2,1H3,(H2,16,17). The maximum absolute atomic E-state index is 13.7. The number of halogens is 2. The van der Waals surface area contributed by atoms with Crippen LogP contribution in [0.3, 0.4) is 0 Å². The number of amides is 2. The molecular formula is C13H12ClFN4O2. The highest BCUT2D eigenvalue weighted by atomic mass is 35.5. The second-order valence-corrected chi connectivity index (χ2v) is 5.35. The van der Waals surface area contributed by atoms with Gasteiger partial charge < -0.3 is 5.73 Å². The van der Waals surface area contributed by atoms with E-state index in [1.54, 1.807) is 0 Å². The number of benzene rings is 1. The minimum absolute atomic E-state index is 0.0607. The van der Waals surface area contributed by atoms with E-state index in [0.29, 0.717) is 17.5 Å². The number of fused-ring (bicyclic) bond motifs is 1. The van der Waals surface area contributed by atoms with Crippen molar-refractivity contribution in [2.45, 2.75) is 18.9 Å². The van der Waals surface area contributed by atoms with Crippen LogP contribution in [0.2, 0.25) is 5.02 Å². The number of nitrogens with zero attached hydrogens (tertiary/aromatic N) is 3. The molecule has 1 aromatic heterocycles. The summed E-state index contributed by atoms with van der Waals surface area (Å²) < 4.78 is 15.1. The Hall–Kier alpha value is -2.15. The highest BCUT2D eigenvalue weighted by molar-refractivity contribution is 6.31. The smallest absolute Gasteiger partial charge is 0.252 e. The number of carbonyl (C=O) groups is 2. The molecule has 6 nitrogen and oxygen atoms in total. The number of anilines is 1. The first kappa shape index (κ1) is 13.8. The number of hydrogen-bond acceptors (Lipinski definition) is 4. The number of nitrogen functional groups attached to an aromatic ring is 1. The molecule has 0 bridgehead atoms. The second-order valence-electron chi connectivity index (χ2n) is 4.94. The largest absolute Gasteiger partial charge is 0.369 e. The van der Waals surface area contributed by atoms with Crippen LogP contribution in [0, 0.1) is 5.82 Å². The maximum Gasteiger partial charge on any atom is 0.252 e. The van der Waals surface area contributed by atoms with Gasteiger partial charge in [-0.05, 0) is 12.5 Å². The Balaban J connectivity index is 2.16. The van der Waals surface area contributed by atoms with Crippen LogP contribution in [-0.2, 0) is 9.59 Å². The highest BCUT2D eigenvalue weighted by Crippen LogP contribution is 2.32. The predicted octanol–water partition coefficient (Wildman–Crippen LogP) is 1.73. The molecule has 2 amide bonds. The van der Waals surface area contributed by atoms with Gasteiger partial charge in [-0.2, -0.15) is 0 Å². The molecule has 1 atom stereocenters. The van der Waals surface area contributed by atoms with Crippen LogP contribution in [0.1, 0.15) is 18.9 Å². The van der Waals surface area contributed by atoms with Crippen LogP contribution < -0.4 is 5.73 Å². The summed E-state index contributed by atoms with van der Waals surface area (Å²) >= 11 is 5.72. The molecule has 1 unspecified atom stereocenters. The van der Waals surface area contributed by atoms with E-state index < -0.39 is 11.9 Å². The Labute approximate surface area is 124 Å². The van der Waals surface area contributed by atoms with Crippen molar-refractivity contribution in [2.24, 2.45) is 0 Å². The zero-order valence-corrected chi connectivity index (χ0v) is 11.9. The third kappa shape index (κ3) is 2.04.